The third-order valence-electron chi connectivity index (χ3n) is 3.80. The zero-order chi connectivity index (χ0) is 15.9. The molecule has 0 aliphatic carbocycles. The largest absolute Gasteiger partial charge is 0.394 e. The van der Waals surface area contributed by atoms with Crippen molar-refractivity contribution in [1.29, 1.82) is 0 Å². The van der Waals surface area contributed by atoms with E-state index < -0.39 is 31.1 Å². The highest BCUT2D eigenvalue weighted by Crippen LogP contribution is 2.31. The summed E-state index contributed by atoms with van der Waals surface area (Å²) in [4.78, 5) is 8.46. The third kappa shape index (κ3) is 2.21. The number of nitrogen functional groups attached to an aromatic ring is 1. The van der Waals surface area contributed by atoms with Gasteiger partial charge < -0.3 is 31.5 Å². The van der Waals surface area contributed by atoms with E-state index >= 15 is 0 Å². The van der Waals surface area contributed by atoms with Crippen LogP contribution in [0.2, 0.25) is 0 Å². The lowest BCUT2D eigenvalue weighted by atomic mass is 10.1. The van der Waals surface area contributed by atoms with Crippen LogP contribution in [-0.2, 0) is 11.3 Å². The molecule has 3 rings (SSSR count). The molecule has 10 heteroatoms. The minimum Gasteiger partial charge on any atom is -0.394 e. The van der Waals surface area contributed by atoms with E-state index in [4.69, 9.17) is 21.3 Å². The van der Waals surface area contributed by atoms with Crippen LogP contribution in [-0.4, -0.2) is 61.3 Å². The number of hydrogen-bond donors (Lipinski definition) is 5. The Morgan fingerprint density at radius 1 is 1.32 bits per heavy atom. The zero-order valence-corrected chi connectivity index (χ0v) is 11.8. The first kappa shape index (κ1) is 15.1. The first-order valence-corrected chi connectivity index (χ1v) is 6.91. The second-order valence-electron chi connectivity index (χ2n) is 5.16. The van der Waals surface area contributed by atoms with Crippen molar-refractivity contribution in [3.63, 3.8) is 0 Å². The van der Waals surface area contributed by atoms with Crippen molar-refractivity contribution in [2.75, 3.05) is 18.9 Å². The van der Waals surface area contributed by atoms with E-state index in [0.717, 1.165) is 0 Å². The Balaban J connectivity index is 2.01. The van der Waals surface area contributed by atoms with Crippen LogP contribution in [0.1, 0.15) is 6.23 Å². The highest BCUT2D eigenvalue weighted by Gasteiger charge is 2.44. The number of aliphatic hydroxyl groups excluding tert-OH is 3. The van der Waals surface area contributed by atoms with Gasteiger partial charge in [0, 0.05) is 6.54 Å². The average molecular weight is 311 g/mol. The summed E-state index contributed by atoms with van der Waals surface area (Å²) in [6.45, 7) is 0.528. The average Bonchev–Trinajstić information content (AvgIpc) is 3.05. The standard InChI is InChI=1S/C12H18N6O4/c13-1-2-17-4-16-11-7(10(17)14)15-5-18(11)12-9(21)8(20)6(3-19)22-12/h4-6,8-9,12,14,19-21H,1-3,13H2/p+1/t6-,8-,9-,12-/m1/s1. The molecule has 0 bridgehead atoms. The summed E-state index contributed by atoms with van der Waals surface area (Å²) in [5, 5.41) is 29.1. The molecule has 2 aromatic rings. The Bertz CT molecular complexity index is 677. The van der Waals surface area contributed by atoms with Crippen molar-refractivity contribution >= 4 is 17.0 Å². The Labute approximate surface area is 125 Å². The van der Waals surface area contributed by atoms with Crippen LogP contribution >= 0.6 is 0 Å². The van der Waals surface area contributed by atoms with Gasteiger partial charge in [0.2, 0.25) is 12.0 Å². The number of nitrogens with zero attached hydrogens (tertiary/aromatic N) is 4. The molecule has 0 amide bonds. The number of aromatic nitrogens is 4. The highest BCUT2D eigenvalue weighted by atomic mass is 16.6. The van der Waals surface area contributed by atoms with E-state index in [9.17, 15) is 10.2 Å². The molecule has 7 N–H and O–H groups in total. The lowest BCUT2D eigenvalue weighted by Gasteiger charge is -2.15. The van der Waals surface area contributed by atoms with Gasteiger partial charge in [-0.3, -0.25) is 4.57 Å². The number of anilines is 1. The molecule has 4 atom stereocenters. The number of imidazole rings is 1. The van der Waals surface area contributed by atoms with Crippen molar-refractivity contribution < 1.29 is 24.6 Å². The Kier molecular flexibility index (Phi) is 3.93. The lowest BCUT2D eigenvalue weighted by molar-refractivity contribution is -0.682. The third-order valence-corrected chi connectivity index (χ3v) is 3.80. The quantitative estimate of drug-likeness (QED) is 0.371. The monoisotopic (exact) mass is 311 g/mol. The van der Waals surface area contributed by atoms with Gasteiger partial charge in [0.05, 0.1) is 13.2 Å². The van der Waals surface area contributed by atoms with Crippen molar-refractivity contribution in [2.24, 2.45) is 5.73 Å². The van der Waals surface area contributed by atoms with E-state index in [-0.39, 0.29) is 0 Å². The van der Waals surface area contributed by atoms with Gasteiger partial charge in [0.25, 0.3) is 5.82 Å². The number of nitrogens with two attached hydrogens (primary N) is 2. The topological polar surface area (TPSA) is 157 Å². The number of rotatable bonds is 4. The predicted molar refractivity (Wildman–Crippen MR) is 74.2 cm³/mol. The molecule has 0 saturated carbocycles. The van der Waals surface area contributed by atoms with Crippen LogP contribution < -0.4 is 16.0 Å². The summed E-state index contributed by atoms with van der Waals surface area (Å²) in [7, 11) is 0. The number of ether oxygens (including phenoxy) is 1. The molecule has 1 aliphatic heterocycles. The van der Waals surface area contributed by atoms with Crippen molar-refractivity contribution in [1.82, 2.24) is 14.5 Å². The van der Waals surface area contributed by atoms with Crippen LogP contribution in [0.4, 0.5) is 5.82 Å². The van der Waals surface area contributed by atoms with Gasteiger partial charge in [-0.15, -0.1) is 0 Å². The minimum atomic E-state index is -1.20. The minimum absolute atomic E-state index is 0.395. The van der Waals surface area contributed by atoms with Gasteiger partial charge in [0.1, 0.15) is 24.6 Å². The maximum atomic E-state index is 10.1. The van der Waals surface area contributed by atoms with E-state index in [1.54, 1.807) is 4.57 Å². The molecule has 0 aromatic carbocycles. The zero-order valence-electron chi connectivity index (χ0n) is 11.8. The van der Waals surface area contributed by atoms with Gasteiger partial charge in [-0.1, -0.05) is 4.98 Å². The number of fused-ring (bicyclic) bond motifs is 1. The van der Waals surface area contributed by atoms with Crippen molar-refractivity contribution in [2.45, 2.75) is 31.1 Å². The Morgan fingerprint density at radius 2 is 2.09 bits per heavy atom. The van der Waals surface area contributed by atoms with E-state index in [0.29, 0.717) is 30.1 Å². The summed E-state index contributed by atoms with van der Waals surface area (Å²) >= 11 is 0. The maximum absolute atomic E-state index is 10.1. The summed E-state index contributed by atoms with van der Waals surface area (Å²) in [6.07, 6.45) is -1.18. The van der Waals surface area contributed by atoms with Gasteiger partial charge in [-0.25, -0.2) is 9.55 Å². The van der Waals surface area contributed by atoms with Crippen LogP contribution in [0.3, 0.4) is 0 Å². The van der Waals surface area contributed by atoms with Crippen LogP contribution in [0.25, 0.3) is 11.2 Å². The molecule has 0 unspecified atom stereocenters. The van der Waals surface area contributed by atoms with Crippen molar-refractivity contribution in [3.8, 4) is 0 Å². The van der Waals surface area contributed by atoms with E-state index in [2.05, 4.69) is 9.97 Å². The first-order chi connectivity index (χ1) is 10.6. The van der Waals surface area contributed by atoms with Gasteiger partial charge >= 0.3 is 0 Å². The van der Waals surface area contributed by atoms with Crippen LogP contribution in [0, 0.1) is 0 Å². The maximum Gasteiger partial charge on any atom is 0.250 e. The molecule has 0 radical (unpaired) electrons. The fourth-order valence-corrected chi connectivity index (χ4v) is 2.60. The molecular formula is C12H19N6O4+. The second kappa shape index (κ2) is 5.74. The van der Waals surface area contributed by atoms with Crippen molar-refractivity contribution in [3.05, 3.63) is 12.7 Å². The highest BCUT2D eigenvalue weighted by molar-refractivity contribution is 5.79. The normalized spacial score (nSPS) is 28.5. The van der Waals surface area contributed by atoms with E-state index in [1.165, 1.54) is 17.2 Å². The van der Waals surface area contributed by atoms with Crippen LogP contribution in [0.15, 0.2) is 12.7 Å². The molecule has 120 valence electrons. The fourth-order valence-electron chi connectivity index (χ4n) is 2.60. The molecular weight excluding hydrogens is 292 g/mol. The molecule has 3 heterocycles. The van der Waals surface area contributed by atoms with E-state index in [1.807, 2.05) is 0 Å². The second-order valence-corrected chi connectivity index (χ2v) is 5.16. The summed E-state index contributed by atoms with van der Waals surface area (Å²) in [5.74, 6) is 0.404. The summed E-state index contributed by atoms with van der Waals surface area (Å²) in [5.41, 5.74) is 12.4. The SMILES string of the molecule is NCC[n+]1cnc2c(ncn2[C@@H]2O[C@H](CO)[C@@H](O)[C@H]2O)c1N. The number of aliphatic hydroxyl groups is 3. The molecule has 22 heavy (non-hydrogen) atoms. The predicted octanol–water partition coefficient (Wildman–Crippen LogP) is -3.13. The molecule has 2 aromatic heterocycles. The molecule has 0 spiro atoms. The van der Waals surface area contributed by atoms with Gasteiger partial charge in [-0.2, -0.15) is 0 Å². The smallest absolute Gasteiger partial charge is 0.250 e. The van der Waals surface area contributed by atoms with Gasteiger partial charge in [-0.05, 0) is 0 Å². The lowest BCUT2D eigenvalue weighted by Crippen LogP contribution is -2.41. The first-order valence-electron chi connectivity index (χ1n) is 6.91. The van der Waals surface area contributed by atoms with Gasteiger partial charge in [0.15, 0.2) is 11.7 Å². The molecule has 1 saturated heterocycles. The molecule has 10 nitrogen and oxygen atoms in total. The number of hydrogen-bond acceptors (Lipinski definition) is 8. The summed E-state index contributed by atoms with van der Waals surface area (Å²) < 4.78 is 8.64. The summed E-state index contributed by atoms with van der Waals surface area (Å²) in [6, 6.07) is 0. The molecule has 1 fully saturated rings. The fraction of sp³-hybridized carbons (Fsp3) is 0.583. The Hall–Kier alpha value is -1.85. The molecule has 1 aliphatic rings. The Morgan fingerprint density at radius 3 is 2.73 bits per heavy atom. The van der Waals surface area contributed by atoms with Crippen LogP contribution in [0.5, 0.6) is 0 Å².